The lowest BCUT2D eigenvalue weighted by Gasteiger charge is -2.25. The van der Waals surface area contributed by atoms with E-state index in [1.165, 1.54) is 27.8 Å². The summed E-state index contributed by atoms with van der Waals surface area (Å²) in [6.07, 6.45) is 0. The van der Waals surface area contributed by atoms with E-state index in [1.807, 2.05) is 11.8 Å². The molecule has 1 fully saturated rings. The van der Waals surface area contributed by atoms with Crippen molar-refractivity contribution in [2.24, 2.45) is 0 Å². The number of hydrogen-bond donors (Lipinski definition) is 0. The molecule has 0 bridgehead atoms. The summed E-state index contributed by atoms with van der Waals surface area (Å²) in [6.45, 7) is 6.71. The maximum absolute atomic E-state index is 4.81. The minimum absolute atomic E-state index is 0.584. The van der Waals surface area contributed by atoms with Gasteiger partial charge in [-0.05, 0) is 11.5 Å². The molecule has 0 N–H and O–H groups in total. The first-order valence-electron chi connectivity index (χ1n) is 7.12. The topological polar surface area (TPSA) is 16.1 Å². The van der Waals surface area contributed by atoms with E-state index < -0.39 is 0 Å². The van der Waals surface area contributed by atoms with E-state index >= 15 is 0 Å². The Labute approximate surface area is 129 Å². The van der Waals surface area contributed by atoms with Crippen molar-refractivity contribution in [3.8, 4) is 11.3 Å². The molecule has 2 aromatic rings. The molecule has 1 aromatic heterocycles. The monoisotopic (exact) mass is 304 g/mol. The molecule has 0 radical (unpaired) electrons. The van der Waals surface area contributed by atoms with Gasteiger partial charge in [-0.3, -0.25) is 0 Å². The Bertz CT molecular complexity index is 554. The molecule has 1 aliphatic rings. The molecule has 0 saturated carbocycles. The maximum Gasteiger partial charge on any atom is 0.185 e. The minimum Gasteiger partial charge on any atom is -0.346 e. The lowest BCUT2D eigenvalue weighted by atomic mass is 10.0. The van der Waals surface area contributed by atoms with Crippen molar-refractivity contribution >= 4 is 28.2 Å². The van der Waals surface area contributed by atoms with E-state index in [0.717, 1.165) is 18.8 Å². The molecular formula is C16H20N2S2. The standard InChI is InChI=1S/C16H20N2S2/c1-12(2)13-3-5-14(6-4-13)15-11-20-16(17-15)18-7-9-19-10-8-18/h3-6,11-12H,7-10H2,1-2H3. The SMILES string of the molecule is CC(C)c1ccc(-c2csc(N3CCSCC3)n2)cc1. The second-order valence-electron chi connectivity index (χ2n) is 5.39. The van der Waals surface area contributed by atoms with Crippen molar-refractivity contribution in [1.29, 1.82) is 0 Å². The number of anilines is 1. The van der Waals surface area contributed by atoms with Crippen molar-refractivity contribution in [2.45, 2.75) is 19.8 Å². The summed E-state index contributed by atoms with van der Waals surface area (Å²) in [5.41, 5.74) is 3.72. The molecule has 0 spiro atoms. The fourth-order valence-electron chi connectivity index (χ4n) is 2.34. The number of benzene rings is 1. The highest BCUT2D eigenvalue weighted by Gasteiger charge is 2.15. The van der Waals surface area contributed by atoms with Crippen LogP contribution in [0.5, 0.6) is 0 Å². The van der Waals surface area contributed by atoms with E-state index in [1.54, 1.807) is 11.3 Å². The molecule has 106 valence electrons. The zero-order valence-corrected chi connectivity index (χ0v) is 13.6. The Morgan fingerprint density at radius 1 is 1.10 bits per heavy atom. The van der Waals surface area contributed by atoms with Gasteiger partial charge in [0.1, 0.15) is 0 Å². The highest BCUT2D eigenvalue weighted by atomic mass is 32.2. The fraction of sp³-hybridized carbons (Fsp3) is 0.438. The predicted octanol–water partition coefficient (Wildman–Crippen LogP) is 4.49. The molecule has 1 aromatic carbocycles. The average Bonchev–Trinajstić information content (AvgIpc) is 2.98. The molecular weight excluding hydrogens is 284 g/mol. The van der Waals surface area contributed by atoms with Gasteiger partial charge in [0.15, 0.2) is 5.13 Å². The number of aromatic nitrogens is 1. The van der Waals surface area contributed by atoms with Crippen LogP contribution in [0.2, 0.25) is 0 Å². The molecule has 1 aliphatic heterocycles. The number of hydrogen-bond acceptors (Lipinski definition) is 4. The zero-order valence-electron chi connectivity index (χ0n) is 12.0. The van der Waals surface area contributed by atoms with E-state index in [2.05, 4.69) is 48.4 Å². The van der Waals surface area contributed by atoms with Crippen molar-refractivity contribution in [3.05, 3.63) is 35.2 Å². The summed E-state index contributed by atoms with van der Waals surface area (Å²) in [5.74, 6) is 3.02. The molecule has 3 rings (SSSR count). The van der Waals surface area contributed by atoms with Gasteiger partial charge in [-0.1, -0.05) is 38.1 Å². The van der Waals surface area contributed by atoms with Crippen LogP contribution in [0, 0.1) is 0 Å². The molecule has 4 heteroatoms. The van der Waals surface area contributed by atoms with Crippen LogP contribution in [-0.2, 0) is 0 Å². The quantitative estimate of drug-likeness (QED) is 0.831. The highest BCUT2D eigenvalue weighted by molar-refractivity contribution is 7.99. The Morgan fingerprint density at radius 3 is 2.45 bits per heavy atom. The van der Waals surface area contributed by atoms with Crippen LogP contribution < -0.4 is 4.90 Å². The van der Waals surface area contributed by atoms with Crippen LogP contribution in [0.1, 0.15) is 25.3 Å². The first kappa shape index (κ1) is 14.0. The van der Waals surface area contributed by atoms with Crippen molar-refractivity contribution in [3.63, 3.8) is 0 Å². The summed E-state index contributed by atoms with van der Waals surface area (Å²) in [6, 6.07) is 8.83. The third-order valence-corrected chi connectivity index (χ3v) is 5.49. The van der Waals surface area contributed by atoms with E-state index in [9.17, 15) is 0 Å². The summed E-state index contributed by atoms with van der Waals surface area (Å²) in [5, 5.41) is 3.36. The summed E-state index contributed by atoms with van der Waals surface area (Å²) < 4.78 is 0. The highest BCUT2D eigenvalue weighted by Crippen LogP contribution is 2.29. The number of rotatable bonds is 3. The van der Waals surface area contributed by atoms with Crippen LogP contribution in [-0.4, -0.2) is 29.6 Å². The molecule has 1 saturated heterocycles. The average molecular weight is 304 g/mol. The van der Waals surface area contributed by atoms with Gasteiger partial charge in [-0.15, -0.1) is 11.3 Å². The third-order valence-electron chi connectivity index (χ3n) is 3.65. The Hall–Kier alpha value is -1.00. The first-order chi connectivity index (χ1) is 9.74. The molecule has 0 unspecified atom stereocenters. The lowest BCUT2D eigenvalue weighted by molar-refractivity contribution is 0.853. The molecule has 2 nitrogen and oxygen atoms in total. The summed E-state index contributed by atoms with van der Waals surface area (Å²) in [4.78, 5) is 7.22. The zero-order chi connectivity index (χ0) is 13.9. The van der Waals surface area contributed by atoms with Gasteiger partial charge >= 0.3 is 0 Å². The summed E-state index contributed by atoms with van der Waals surface area (Å²) >= 11 is 3.80. The minimum atomic E-state index is 0.584. The Morgan fingerprint density at radius 2 is 1.80 bits per heavy atom. The van der Waals surface area contributed by atoms with Gasteiger partial charge in [0.25, 0.3) is 0 Å². The smallest absolute Gasteiger partial charge is 0.185 e. The van der Waals surface area contributed by atoms with Crippen LogP contribution in [0.3, 0.4) is 0 Å². The fourth-order valence-corrected chi connectivity index (χ4v) is 4.13. The second kappa shape index (κ2) is 6.19. The molecule has 0 amide bonds. The lowest BCUT2D eigenvalue weighted by Crippen LogP contribution is -2.32. The maximum atomic E-state index is 4.81. The Kier molecular flexibility index (Phi) is 4.32. The second-order valence-corrected chi connectivity index (χ2v) is 7.45. The van der Waals surface area contributed by atoms with E-state index in [-0.39, 0.29) is 0 Å². The predicted molar refractivity (Wildman–Crippen MR) is 91.2 cm³/mol. The van der Waals surface area contributed by atoms with Crippen LogP contribution >= 0.6 is 23.1 Å². The summed E-state index contributed by atoms with van der Waals surface area (Å²) in [7, 11) is 0. The van der Waals surface area contributed by atoms with E-state index in [4.69, 9.17) is 4.98 Å². The van der Waals surface area contributed by atoms with Crippen molar-refractivity contribution < 1.29 is 0 Å². The van der Waals surface area contributed by atoms with Gasteiger partial charge < -0.3 is 4.90 Å². The molecule has 2 heterocycles. The third kappa shape index (κ3) is 3.01. The molecule has 0 aliphatic carbocycles. The van der Waals surface area contributed by atoms with Gasteiger partial charge in [0.2, 0.25) is 0 Å². The normalized spacial score (nSPS) is 15.8. The van der Waals surface area contributed by atoms with Crippen molar-refractivity contribution in [2.75, 3.05) is 29.5 Å². The van der Waals surface area contributed by atoms with Crippen LogP contribution in [0.25, 0.3) is 11.3 Å². The van der Waals surface area contributed by atoms with Gasteiger partial charge in [0.05, 0.1) is 5.69 Å². The van der Waals surface area contributed by atoms with Crippen LogP contribution in [0.15, 0.2) is 29.6 Å². The number of nitrogens with zero attached hydrogens (tertiary/aromatic N) is 2. The van der Waals surface area contributed by atoms with E-state index in [0.29, 0.717) is 5.92 Å². The first-order valence-corrected chi connectivity index (χ1v) is 9.16. The van der Waals surface area contributed by atoms with Crippen LogP contribution in [0.4, 0.5) is 5.13 Å². The molecule has 20 heavy (non-hydrogen) atoms. The largest absolute Gasteiger partial charge is 0.346 e. The molecule has 0 atom stereocenters. The Balaban J connectivity index is 1.78. The van der Waals surface area contributed by atoms with Gasteiger partial charge in [0, 0.05) is 35.5 Å². The number of thioether (sulfide) groups is 1. The number of thiazole rings is 1. The van der Waals surface area contributed by atoms with Gasteiger partial charge in [-0.2, -0.15) is 11.8 Å². The van der Waals surface area contributed by atoms with Crippen molar-refractivity contribution in [1.82, 2.24) is 4.98 Å². The van der Waals surface area contributed by atoms with Gasteiger partial charge in [-0.25, -0.2) is 4.98 Å².